The largest absolute Gasteiger partial charge is 0.397 e. The number of carbonyl (C=O) groups excluding carboxylic acids is 2. The molecule has 2 atom stereocenters. The van der Waals surface area contributed by atoms with Crippen molar-refractivity contribution < 1.29 is 31.2 Å². The van der Waals surface area contributed by atoms with Crippen molar-refractivity contribution in [2.24, 2.45) is 0 Å². The fourth-order valence-electron chi connectivity index (χ4n) is 2.57. The van der Waals surface area contributed by atoms with Crippen molar-refractivity contribution in [3.8, 4) is 0 Å². The number of hydrogen-bond donors (Lipinski definition) is 2. The summed E-state index contributed by atoms with van der Waals surface area (Å²) in [7, 11) is -3.57. The van der Waals surface area contributed by atoms with Crippen LogP contribution in [-0.2, 0) is 25.8 Å². The van der Waals surface area contributed by atoms with E-state index in [0.29, 0.717) is 5.56 Å². The van der Waals surface area contributed by atoms with Crippen molar-refractivity contribution in [3.63, 3.8) is 0 Å². The van der Waals surface area contributed by atoms with Crippen LogP contribution < -0.4 is 10.6 Å². The summed E-state index contributed by atoms with van der Waals surface area (Å²) < 4.78 is 61.0. The molecule has 2 unspecified atom stereocenters. The monoisotopic (exact) mass is 378 g/mol. The van der Waals surface area contributed by atoms with Crippen molar-refractivity contribution in [2.45, 2.75) is 42.1 Å². The molecular formula is C15H17F3N2O4S. The van der Waals surface area contributed by atoms with Crippen molar-refractivity contribution >= 4 is 21.7 Å². The van der Waals surface area contributed by atoms with Gasteiger partial charge in [0.15, 0.2) is 9.84 Å². The first-order valence-corrected chi connectivity index (χ1v) is 9.01. The fourth-order valence-corrected chi connectivity index (χ4v) is 4.42. The Morgan fingerprint density at radius 1 is 1.28 bits per heavy atom. The van der Waals surface area contributed by atoms with Crippen LogP contribution in [0, 0.1) is 0 Å². The van der Waals surface area contributed by atoms with Crippen LogP contribution in [-0.4, -0.2) is 44.2 Å². The molecule has 0 aromatic heterocycles. The van der Waals surface area contributed by atoms with Gasteiger partial charge < -0.3 is 10.6 Å². The van der Waals surface area contributed by atoms with E-state index in [1.54, 1.807) is 18.2 Å². The van der Waals surface area contributed by atoms with Gasteiger partial charge in [-0.1, -0.05) is 18.2 Å². The average molecular weight is 378 g/mol. The Labute approximate surface area is 142 Å². The molecule has 0 bridgehead atoms. The number of rotatable bonds is 5. The molecule has 0 saturated heterocycles. The highest BCUT2D eigenvalue weighted by molar-refractivity contribution is 7.92. The molecule has 0 fully saturated rings. The van der Waals surface area contributed by atoms with Crippen LogP contribution in [0.3, 0.4) is 0 Å². The smallest absolute Gasteiger partial charge is 0.353 e. The van der Waals surface area contributed by atoms with E-state index in [1.165, 1.54) is 13.0 Å². The maximum atomic E-state index is 12.4. The molecule has 2 amide bonds. The lowest BCUT2D eigenvalue weighted by atomic mass is 10.1. The molecule has 6 nitrogen and oxygen atoms in total. The highest BCUT2D eigenvalue weighted by Gasteiger charge is 2.37. The number of benzene rings is 1. The number of sulfone groups is 1. The maximum absolute atomic E-state index is 12.4. The summed E-state index contributed by atoms with van der Waals surface area (Å²) in [5, 5.41) is 3.46. The molecule has 1 heterocycles. The van der Waals surface area contributed by atoms with E-state index in [-0.39, 0.29) is 17.9 Å². The summed E-state index contributed by atoms with van der Waals surface area (Å²) in [6, 6.07) is 5.30. The van der Waals surface area contributed by atoms with Crippen LogP contribution in [0.25, 0.3) is 0 Å². The van der Waals surface area contributed by atoms with E-state index < -0.39 is 45.5 Å². The molecule has 10 heteroatoms. The Balaban J connectivity index is 1.90. The number of amides is 2. The van der Waals surface area contributed by atoms with Gasteiger partial charge in [-0.15, -0.1) is 0 Å². The predicted octanol–water partition coefficient (Wildman–Crippen LogP) is 0.958. The number of fused-ring (bicyclic) bond motifs is 1. The molecule has 0 radical (unpaired) electrons. The Morgan fingerprint density at radius 2 is 1.92 bits per heavy atom. The number of halogens is 3. The number of carbonyl (C=O) groups is 2. The van der Waals surface area contributed by atoms with Crippen LogP contribution in [0.15, 0.2) is 29.2 Å². The predicted molar refractivity (Wildman–Crippen MR) is 82.4 cm³/mol. The zero-order valence-corrected chi connectivity index (χ0v) is 14.1. The molecule has 138 valence electrons. The first-order chi connectivity index (χ1) is 11.5. The highest BCUT2D eigenvalue weighted by atomic mass is 32.2. The standard InChI is InChI=1S/C15H17F3N2O4S/c1-9(20-13(21)7-15(16,17)18)14(22)19-8-11-6-10-4-2-3-5-12(10)25(11,23)24/h2-5,9,11H,6-8H2,1H3,(H,19,22)(H,20,21). The van der Waals surface area contributed by atoms with Gasteiger partial charge >= 0.3 is 6.18 Å². The fraction of sp³-hybridized carbons (Fsp3) is 0.467. The Bertz CT molecular complexity index is 777. The second-order valence-electron chi connectivity index (χ2n) is 5.81. The van der Waals surface area contributed by atoms with Crippen LogP contribution in [0.5, 0.6) is 0 Å². The van der Waals surface area contributed by atoms with Crippen LogP contribution >= 0.6 is 0 Å². The summed E-state index contributed by atoms with van der Waals surface area (Å²) >= 11 is 0. The number of nitrogens with one attached hydrogen (secondary N) is 2. The van der Waals surface area contributed by atoms with Gasteiger partial charge in [-0.2, -0.15) is 13.2 Å². The maximum Gasteiger partial charge on any atom is 0.397 e. The van der Waals surface area contributed by atoms with Gasteiger partial charge in [-0.3, -0.25) is 9.59 Å². The molecule has 1 aliphatic heterocycles. The molecule has 0 aliphatic carbocycles. The topological polar surface area (TPSA) is 92.3 Å². The van der Waals surface area contributed by atoms with Gasteiger partial charge in [0, 0.05) is 6.54 Å². The highest BCUT2D eigenvalue weighted by Crippen LogP contribution is 2.30. The van der Waals surface area contributed by atoms with Gasteiger partial charge in [-0.25, -0.2) is 8.42 Å². The Kier molecular flexibility index (Phi) is 5.40. The van der Waals surface area contributed by atoms with E-state index in [1.807, 2.05) is 5.32 Å². The van der Waals surface area contributed by atoms with E-state index in [2.05, 4.69) is 5.32 Å². The van der Waals surface area contributed by atoms with Crippen LogP contribution in [0.1, 0.15) is 18.9 Å². The molecule has 25 heavy (non-hydrogen) atoms. The van der Waals surface area contributed by atoms with Gasteiger partial charge in [0.2, 0.25) is 11.8 Å². The SMILES string of the molecule is CC(NC(=O)CC(F)(F)F)C(=O)NCC1Cc2ccccc2S1(=O)=O. The zero-order chi connectivity index (χ0) is 18.8. The normalized spacial score (nSPS) is 19.8. The lowest BCUT2D eigenvalue weighted by molar-refractivity contribution is -0.155. The first kappa shape index (κ1) is 19.2. The molecule has 0 saturated carbocycles. The minimum atomic E-state index is -4.66. The Hall–Kier alpha value is -2.10. The molecule has 1 aromatic rings. The van der Waals surface area contributed by atoms with Crippen molar-refractivity contribution in [3.05, 3.63) is 29.8 Å². The average Bonchev–Trinajstić information content (AvgIpc) is 2.74. The minimum Gasteiger partial charge on any atom is -0.353 e. The first-order valence-electron chi connectivity index (χ1n) is 7.46. The van der Waals surface area contributed by atoms with Crippen LogP contribution in [0.4, 0.5) is 13.2 Å². The third-order valence-electron chi connectivity index (χ3n) is 3.80. The summed E-state index contributed by atoms with van der Waals surface area (Å²) in [5.74, 6) is -2.07. The minimum absolute atomic E-state index is 0.185. The summed E-state index contributed by atoms with van der Waals surface area (Å²) in [6.45, 7) is 1.04. The lowest BCUT2D eigenvalue weighted by Gasteiger charge is -2.16. The summed E-state index contributed by atoms with van der Waals surface area (Å²) in [5.41, 5.74) is 0.660. The summed E-state index contributed by atoms with van der Waals surface area (Å²) in [6.07, 6.45) is -6.10. The molecule has 1 aliphatic rings. The van der Waals surface area contributed by atoms with Crippen molar-refractivity contribution in [1.82, 2.24) is 10.6 Å². The second-order valence-corrected chi connectivity index (χ2v) is 8.00. The number of alkyl halides is 3. The van der Waals surface area contributed by atoms with Gasteiger partial charge in [0.1, 0.15) is 12.5 Å². The van der Waals surface area contributed by atoms with E-state index in [4.69, 9.17) is 0 Å². The second kappa shape index (κ2) is 7.03. The summed E-state index contributed by atoms with van der Waals surface area (Å²) in [4.78, 5) is 23.3. The third kappa shape index (κ3) is 4.71. The quantitative estimate of drug-likeness (QED) is 0.798. The van der Waals surface area contributed by atoms with E-state index >= 15 is 0 Å². The molecule has 2 rings (SSSR count). The van der Waals surface area contributed by atoms with Crippen molar-refractivity contribution in [1.29, 1.82) is 0 Å². The van der Waals surface area contributed by atoms with Gasteiger partial charge in [0.25, 0.3) is 0 Å². The lowest BCUT2D eigenvalue weighted by Crippen LogP contribution is -2.47. The van der Waals surface area contributed by atoms with Crippen molar-refractivity contribution in [2.75, 3.05) is 6.54 Å². The molecule has 0 spiro atoms. The van der Waals surface area contributed by atoms with Gasteiger partial charge in [-0.05, 0) is 25.0 Å². The Morgan fingerprint density at radius 3 is 2.52 bits per heavy atom. The molecule has 2 N–H and O–H groups in total. The number of hydrogen-bond acceptors (Lipinski definition) is 4. The zero-order valence-electron chi connectivity index (χ0n) is 13.3. The molecular weight excluding hydrogens is 361 g/mol. The van der Waals surface area contributed by atoms with Gasteiger partial charge in [0.05, 0.1) is 10.1 Å². The van der Waals surface area contributed by atoms with E-state index in [0.717, 1.165) is 0 Å². The van der Waals surface area contributed by atoms with Crippen LogP contribution in [0.2, 0.25) is 0 Å². The molecule has 1 aromatic carbocycles. The van der Waals surface area contributed by atoms with E-state index in [9.17, 15) is 31.2 Å². The third-order valence-corrected chi connectivity index (χ3v) is 6.02.